The van der Waals surface area contributed by atoms with Crippen molar-refractivity contribution in [3.63, 3.8) is 0 Å². The van der Waals surface area contributed by atoms with Crippen molar-refractivity contribution in [2.45, 2.75) is 0 Å². The summed E-state index contributed by atoms with van der Waals surface area (Å²) in [5, 5.41) is 3.10. The molecule has 1 rings (SSSR count). The second kappa shape index (κ2) is 5.05. The van der Waals surface area contributed by atoms with Crippen LogP contribution >= 0.6 is 15.9 Å². The number of rotatable bonds is 4. The number of aromatic nitrogens is 2. The number of ether oxygens (including phenoxy) is 1. The Bertz CT molecular complexity index is 227. The average molecular weight is 232 g/mol. The van der Waals surface area contributed by atoms with Crippen LogP contribution in [0.1, 0.15) is 0 Å². The number of hydrogen-bond donors (Lipinski definition) is 1. The molecule has 5 heteroatoms. The fourth-order valence-electron chi connectivity index (χ4n) is 0.701. The molecule has 4 nitrogen and oxygen atoms in total. The van der Waals surface area contributed by atoms with E-state index in [1.165, 1.54) is 0 Å². The molecule has 0 aromatic carbocycles. The third kappa shape index (κ3) is 3.15. The van der Waals surface area contributed by atoms with Gasteiger partial charge in [-0.05, 0) is 15.9 Å². The van der Waals surface area contributed by atoms with Gasteiger partial charge >= 0.3 is 0 Å². The predicted octanol–water partition coefficient (Wildman–Crippen LogP) is 1.30. The second-order valence-corrected chi connectivity index (χ2v) is 2.87. The molecule has 0 atom stereocenters. The summed E-state index contributed by atoms with van der Waals surface area (Å²) in [6.45, 7) is 1.44. The van der Waals surface area contributed by atoms with E-state index in [0.29, 0.717) is 11.3 Å². The van der Waals surface area contributed by atoms with E-state index >= 15 is 0 Å². The zero-order valence-corrected chi connectivity index (χ0v) is 8.34. The lowest BCUT2D eigenvalue weighted by Gasteiger charge is -2.03. The first-order chi connectivity index (χ1) is 5.83. The first-order valence-electron chi connectivity index (χ1n) is 3.53. The van der Waals surface area contributed by atoms with E-state index in [0.717, 1.165) is 12.2 Å². The molecule has 0 unspecified atom stereocenters. The third-order valence-electron chi connectivity index (χ3n) is 1.26. The predicted molar refractivity (Wildman–Crippen MR) is 50.1 cm³/mol. The molecule has 1 aromatic rings. The fraction of sp³-hybridized carbons (Fsp3) is 0.429. The molecule has 0 spiro atoms. The number of hydrogen-bond acceptors (Lipinski definition) is 4. The highest BCUT2D eigenvalue weighted by Crippen LogP contribution is 2.05. The van der Waals surface area contributed by atoms with Crippen LogP contribution in [-0.4, -0.2) is 30.2 Å². The van der Waals surface area contributed by atoms with Crippen LogP contribution < -0.4 is 5.32 Å². The smallest absolute Gasteiger partial charge is 0.196 e. The molecule has 0 saturated heterocycles. The number of nitrogens with zero attached hydrogens (tertiary/aromatic N) is 2. The second-order valence-electron chi connectivity index (χ2n) is 2.16. The topological polar surface area (TPSA) is 47.0 Å². The Morgan fingerprint density at radius 1 is 1.50 bits per heavy atom. The molecule has 0 aliphatic heterocycles. The van der Waals surface area contributed by atoms with Crippen molar-refractivity contribution in [1.82, 2.24) is 9.97 Å². The summed E-state index contributed by atoms with van der Waals surface area (Å²) >= 11 is 3.15. The maximum absolute atomic E-state index is 4.87. The van der Waals surface area contributed by atoms with Gasteiger partial charge in [0.15, 0.2) is 4.73 Å². The Morgan fingerprint density at radius 3 is 2.75 bits per heavy atom. The molecule has 0 fully saturated rings. The molecule has 0 amide bonds. The minimum Gasteiger partial charge on any atom is -0.383 e. The van der Waals surface area contributed by atoms with Gasteiger partial charge in [0.25, 0.3) is 0 Å². The Kier molecular flexibility index (Phi) is 3.96. The van der Waals surface area contributed by atoms with Crippen LogP contribution in [0.2, 0.25) is 0 Å². The van der Waals surface area contributed by atoms with Crippen molar-refractivity contribution >= 4 is 21.6 Å². The highest BCUT2D eigenvalue weighted by Gasteiger charge is 1.92. The molecule has 66 valence electrons. The Balaban J connectivity index is 2.37. The van der Waals surface area contributed by atoms with Crippen LogP contribution in [0.15, 0.2) is 17.1 Å². The van der Waals surface area contributed by atoms with Crippen molar-refractivity contribution in [2.24, 2.45) is 0 Å². The van der Waals surface area contributed by atoms with Crippen LogP contribution in [0.3, 0.4) is 0 Å². The minimum absolute atomic E-state index is 0.597. The van der Waals surface area contributed by atoms with Gasteiger partial charge < -0.3 is 10.1 Å². The van der Waals surface area contributed by atoms with E-state index in [9.17, 15) is 0 Å². The summed E-state index contributed by atoms with van der Waals surface area (Å²) in [7, 11) is 1.67. The van der Waals surface area contributed by atoms with E-state index in [2.05, 4.69) is 31.2 Å². The molecule has 12 heavy (non-hydrogen) atoms. The third-order valence-corrected chi connectivity index (χ3v) is 1.67. The maximum atomic E-state index is 4.87. The maximum Gasteiger partial charge on any atom is 0.196 e. The molecule has 1 heterocycles. The molecule has 0 bridgehead atoms. The van der Waals surface area contributed by atoms with Gasteiger partial charge in [-0.15, -0.1) is 0 Å². The summed E-state index contributed by atoms with van der Waals surface area (Å²) in [6, 6.07) is 0. The highest BCUT2D eigenvalue weighted by atomic mass is 79.9. The summed E-state index contributed by atoms with van der Waals surface area (Å²) in [5.41, 5.74) is 0.898. The molecule has 0 radical (unpaired) electrons. The first kappa shape index (κ1) is 9.41. The van der Waals surface area contributed by atoms with Crippen LogP contribution in [0.4, 0.5) is 5.69 Å². The molecular weight excluding hydrogens is 222 g/mol. The van der Waals surface area contributed by atoms with E-state index in [1.54, 1.807) is 19.5 Å². The number of halogens is 1. The van der Waals surface area contributed by atoms with Gasteiger partial charge in [-0.1, -0.05) is 0 Å². The van der Waals surface area contributed by atoms with Crippen molar-refractivity contribution < 1.29 is 4.74 Å². The zero-order valence-electron chi connectivity index (χ0n) is 6.75. The molecule has 0 aliphatic rings. The van der Waals surface area contributed by atoms with Crippen LogP contribution in [0.25, 0.3) is 0 Å². The summed E-state index contributed by atoms with van der Waals surface area (Å²) < 4.78 is 5.47. The quantitative estimate of drug-likeness (QED) is 0.627. The van der Waals surface area contributed by atoms with Crippen molar-refractivity contribution in [1.29, 1.82) is 0 Å². The monoisotopic (exact) mass is 231 g/mol. The lowest BCUT2D eigenvalue weighted by molar-refractivity contribution is 0.211. The van der Waals surface area contributed by atoms with Crippen molar-refractivity contribution in [3.8, 4) is 0 Å². The SMILES string of the molecule is COCCNc1cnc(Br)nc1. The molecule has 0 aliphatic carbocycles. The first-order valence-corrected chi connectivity index (χ1v) is 4.32. The van der Waals surface area contributed by atoms with Crippen molar-refractivity contribution in [3.05, 3.63) is 17.1 Å². The van der Waals surface area contributed by atoms with E-state index in [4.69, 9.17) is 4.74 Å². The summed E-state index contributed by atoms with van der Waals surface area (Å²) in [4.78, 5) is 7.92. The molecule has 0 saturated carbocycles. The molecule has 1 aromatic heterocycles. The Morgan fingerprint density at radius 2 is 2.17 bits per heavy atom. The van der Waals surface area contributed by atoms with Gasteiger partial charge in [0.1, 0.15) is 0 Å². The largest absolute Gasteiger partial charge is 0.383 e. The average Bonchev–Trinajstić information content (AvgIpc) is 2.09. The standard InChI is InChI=1S/C7H10BrN3O/c1-12-3-2-9-6-4-10-7(8)11-5-6/h4-5,9H,2-3H2,1H3. The number of anilines is 1. The van der Waals surface area contributed by atoms with Gasteiger partial charge in [0.2, 0.25) is 0 Å². The highest BCUT2D eigenvalue weighted by molar-refractivity contribution is 9.10. The van der Waals surface area contributed by atoms with E-state index in [-0.39, 0.29) is 0 Å². The van der Waals surface area contributed by atoms with Gasteiger partial charge in [-0.2, -0.15) is 0 Å². The van der Waals surface area contributed by atoms with Crippen molar-refractivity contribution in [2.75, 3.05) is 25.6 Å². The number of methoxy groups -OCH3 is 1. The summed E-state index contributed by atoms with van der Waals surface area (Å²) in [5.74, 6) is 0. The fourth-order valence-corrected chi connectivity index (χ4v) is 0.906. The van der Waals surface area contributed by atoms with Gasteiger partial charge in [-0.25, -0.2) is 9.97 Å². The lowest BCUT2D eigenvalue weighted by atomic mass is 10.5. The Labute approximate surface area is 79.5 Å². The zero-order chi connectivity index (χ0) is 8.81. The van der Waals surface area contributed by atoms with E-state index in [1.807, 2.05) is 0 Å². The molecular formula is C7H10BrN3O. The van der Waals surface area contributed by atoms with Gasteiger partial charge in [-0.3, -0.25) is 0 Å². The summed E-state index contributed by atoms with van der Waals surface area (Å²) in [6.07, 6.45) is 3.43. The van der Waals surface area contributed by atoms with Crippen LogP contribution in [0, 0.1) is 0 Å². The minimum atomic E-state index is 0.597. The number of nitrogens with one attached hydrogen (secondary N) is 1. The van der Waals surface area contributed by atoms with Gasteiger partial charge in [0.05, 0.1) is 24.7 Å². The van der Waals surface area contributed by atoms with Gasteiger partial charge in [0, 0.05) is 13.7 Å². The molecule has 1 N–H and O–H groups in total. The lowest BCUT2D eigenvalue weighted by Crippen LogP contribution is -2.07. The normalized spacial score (nSPS) is 9.83. The van der Waals surface area contributed by atoms with Crippen LogP contribution in [0.5, 0.6) is 0 Å². The Hall–Kier alpha value is -0.680. The van der Waals surface area contributed by atoms with Crippen LogP contribution in [-0.2, 0) is 4.74 Å². The van der Waals surface area contributed by atoms with E-state index < -0.39 is 0 Å².